The van der Waals surface area contributed by atoms with E-state index in [9.17, 15) is 4.79 Å². The number of methoxy groups -OCH3 is 2. The molecule has 3 aromatic rings. The molecule has 9 nitrogen and oxygen atoms in total. The minimum Gasteiger partial charge on any atom is -0.495 e. The average Bonchev–Trinajstić information content (AvgIpc) is 2.97. The molecule has 1 saturated heterocycles. The molecule has 2 heterocycles. The number of anilines is 3. The lowest BCUT2D eigenvalue weighted by atomic mass is 10.1. The first-order valence-corrected chi connectivity index (χ1v) is 13.1. The highest BCUT2D eigenvalue weighted by Gasteiger charge is 2.19. The van der Waals surface area contributed by atoms with Crippen LogP contribution in [0.2, 0.25) is 5.02 Å². The molecule has 0 radical (unpaired) electrons. The quantitative estimate of drug-likeness (QED) is 0.330. The van der Waals surface area contributed by atoms with Crippen LogP contribution >= 0.6 is 11.6 Å². The van der Waals surface area contributed by atoms with Crippen molar-refractivity contribution in [1.29, 1.82) is 0 Å². The number of hydrogen-bond donors (Lipinski definition) is 1. The van der Waals surface area contributed by atoms with Gasteiger partial charge in [-0.1, -0.05) is 25.4 Å². The predicted octanol–water partition coefficient (Wildman–Crippen LogP) is 5.20. The number of Topliss-reactive ketones (excluding diaryl/α,β-unsaturated/α-hetero) is 1. The van der Waals surface area contributed by atoms with Crippen LogP contribution in [0.15, 0.2) is 42.7 Å². The number of nitrogens with one attached hydrogen (secondary N) is 1. The maximum atomic E-state index is 12.2. The predicted molar refractivity (Wildman–Crippen MR) is 150 cm³/mol. The van der Waals surface area contributed by atoms with Crippen LogP contribution < -0.4 is 24.4 Å². The van der Waals surface area contributed by atoms with Crippen molar-refractivity contribution in [2.75, 3.05) is 57.2 Å². The number of hydrogen-bond acceptors (Lipinski definition) is 9. The summed E-state index contributed by atoms with van der Waals surface area (Å²) in [6.45, 7) is 9.26. The highest BCUT2D eigenvalue weighted by Crippen LogP contribution is 2.33. The third-order valence-electron chi connectivity index (χ3n) is 6.60. The van der Waals surface area contributed by atoms with Gasteiger partial charge < -0.3 is 29.3 Å². The van der Waals surface area contributed by atoms with E-state index >= 15 is 0 Å². The van der Waals surface area contributed by atoms with Crippen molar-refractivity contribution in [3.05, 3.63) is 58.9 Å². The number of piperazine rings is 1. The number of carbonyl (C=O) groups excluding carboxylic acids is 1. The Morgan fingerprint density at radius 3 is 2.34 bits per heavy atom. The summed E-state index contributed by atoms with van der Waals surface area (Å²) in [5.41, 5.74) is 3.09. The zero-order valence-electron chi connectivity index (χ0n) is 22.3. The SMILES string of the molecule is CCC(=O)c1cc(COc2cnc(Nc3ccc(N4CCN(CC)CC4)c(OC)c3)nc2)c(Cl)c(OC)c1. The molecule has 0 aliphatic carbocycles. The lowest BCUT2D eigenvalue weighted by Crippen LogP contribution is -2.46. The number of rotatable bonds is 11. The largest absolute Gasteiger partial charge is 0.495 e. The van der Waals surface area contributed by atoms with Crippen LogP contribution in [0.25, 0.3) is 0 Å². The highest BCUT2D eigenvalue weighted by molar-refractivity contribution is 6.33. The summed E-state index contributed by atoms with van der Waals surface area (Å²) in [6, 6.07) is 9.39. The van der Waals surface area contributed by atoms with Gasteiger partial charge in [-0.2, -0.15) is 0 Å². The van der Waals surface area contributed by atoms with E-state index in [-0.39, 0.29) is 12.4 Å². The maximum absolute atomic E-state index is 12.2. The standard InChI is InChI=1S/C28H34ClN5O4/c1-5-24(35)19-13-20(27(29)26(14-19)37-4)18-38-22-16-30-28(31-17-22)32-21-7-8-23(25(15-21)36-3)34-11-9-33(6-2)10-12-34/h7-8,13-17H,5-6,9-12,18H2,1-4H3,(H,30,31,32). The molecule has 10 heteroatoms. The van der Waals surface area contributed by atoms with Gasteiger partial charge >= 0.3 is 0 Å². The van der Waals surface area contributed by atoms with Crippen LogP contribution in [0.5, 0.6) is 17.2 Å². The topological polar surface area (TPSA) is 89.1 Å². The van der Waals surface area contributed by atoms with Gasteiger partial charge in [-0.25, -0.2) is 9.97 Å². The third-order valence-corrected chi connectivity index (χ3v) is 7.03. The van der Waals surface area contributed by atoms with Gasteiger partial charge in [0.1, 0.15) is 18.1 Å². The van der Waals surface area contributed by atoms with Crippen LogP contribution in [-0.2, 0) is 6.61 Å². The zero-order valence-corrected chi connectivity index (χ0v) is 23.0. The Labute approximate surface area is 228 Å². The van der Waals surface area contributed by atoms with Crippen molar-refractivity contribution >= 4 is 34.7 Å². The van der Waals surface area contributed by atoms with E-state index in [4.69, 9.17) is 25.8 Å². The number of ether oxygens (including phenoxy) is 3. The Morgan fingerprint density at radius 1 is 1.00 bits per heavy atom. The molecule has 0 bridgehead atoms. The first kappa shape index (κ1) is 27.5. The molecule has 1 N–H and O–H groups in total. The first-order valence-electron chi connectivity index (χ1n) is 12.7. The van der Waals surface area contributed by atoms with Gasteiger partial charge in [0.05, 0.1) is 37.3 Å². The molecule has 0 unspecified atom stereocenters. The molecular formula is C28H34ClN5O4. The average molecular weight is 540 g/mol. The molecule has 1 aromatic heterocycles. The molecule has 38 heavy (non-hydrogen) atoms. The summed E-state index contributed by atoms with van der Waals surface area (Å²) in [4.78, 5) is 25.7. The Morgan fingerprint density at radius 2 is 1.71 bits per heavy atom. The van der Waals surface area contributed by atoms with E-state index in [1.54, 1.807) is 31.6 Å². The molecular weight excluding hydrogens is 506 g/mol. The van der Waals surface area contributed by atoms with E-state index in [1.165, 1.54) is 7.11 Å². The second kappa shape index (κ2) is 12.8. The summed E-state index contributed by atoms with van der Waals surface area (Å²) >= 11 is 6.44. The fourth-order valence-electron chi connectivity index (χ4n) is 4.34. The number of likely N-dealkylation sites (N-methyl/N-ethyl adjacent to an activating group) is 1. The normalized spacial score (nSPS) is 13.8. The number of halogens is 1. The van der Waals surface area contributed by atoms with Crippen molar-refractivity contribution in [2.45, 2.75) is 26.9 Å². The summed E-state index contributed by atoms with van der Waals surface area (Å²) in [5.74, 6) is 2.14. The Kier molecular flexibility index (Phi) is 9.25. The molecule has 0 amide bonds. The number of carbonyl (C=O) groups is 1. The van der Waals surface area contributed by atoms with Crippen molar-refractivity contribution in [2.24, 2.45) is 0 Å². The lowest BCUT2D eigenvalue weighted by molar-refractivity contribution is 0.0987. The lowest BCUT2D eigenvalue weighted by Gasteiger charge is -2.36. The molecule has 0 spiro atoms. The minimum atomic E-state index is 0.00343. The molecule has 0 saturated carbocycles. The maximum Gasteiger partial charge on any atom is 0.227 e. The summed E-state index contributed by atoms with van der Waals surface area (Å²) < 4.78 is 16.9. The molecule has 202 valence electrons. The molecule has 1 aliphatic rings. The number of benzene rings is 2. The van der Waals surface area contributed by atoms with E-state index in [2.05, 4.69) is 38.1 Å². The van der Waals surface area contributed by atoms with E-state index in [1.807, 2.05) is 19.1 Å². The van der Waals surface area contributed by atoms with E-state index in [0.29, 0.717) is 40.0 Å². The van der Waals surface area contributed by atoms with Gasteiger partial charge in [-0.15, -0.1) is 0 Å². The van der Waals surface area contributed by atoms with Crippen LogP contribution in [-0.4, -0.2) is 67.6 Å². The second-order valence-electron chi connectivity index (χ2n) is 8.89. The van der Waals surface area contributed by atoms with Crippen LogP contribution in [0, 0.1) is 0 Å². The molecule has 1 aliphatic heterocycles. The van der Waals surface area contributed by atoms with E-state index < -0.39 is 0 Å². The number of ketones is 1. The summed E-state index contributed by atoms with van der Waals surface area (Å²) in [5, 5.41) is 3.62. The van der Waals surface area contributed by atoms with Gasteiger partial charge in [0.25, 0.3) is 0 Å². The number of nitrogens with zero attached hydrogens (tertiary/aromatic N) is 4. The van der Waals surface area contributed by atoms with Crippen molar-refractivity contribution in [3.8, 4) is 17.2 Å². The Balaban J connectivity index is 1.40. The van der Waals surface area contributed by atoms with Gasteiger partial charge in [0.2, 0.25) is 5.95 Å². The van der Waals surface area contributed by atoms with E-state index in [0.717, 1.165) is 49.8 Å². The summed E-state index contributed by atoms with van der Waals surface area (Å²) in [6.07, 6.45) is 3.55. The van der Waals surface area contributed by atoms with Gasteiger partial charge in [-0.05, 0) is 30.8 Å². The van der Waals surface area contributed by atoms with Gasteiger partial charge in [-0.3, -0.25) is 4.79 Å². The monoisotopic (exact) mass is 539 g/mol. The number of aromatic nitrogens is 2. The Hall–Kier alpha value is -3.56. The van der Waals surface area contributed by atoms with Crippen molar-refractivity contribution in [1.82, 2.24) is 14.9 Å². The van der Waals surface area contributed by atoms with Crippen LogP contribution in [0.4, 0.5) is 17.3 Å². The highest BCUT2D eigenvalue weighted by atomic mass is 35.5. The minimum absolute atomic E-state index is 0.00343. The van der Waals surface area contributed by atoms with Crippen molar-refractivity contribution in [3.63, 3.8) is 0 Å². The van der Waals surface area contributed by atoms with Crippen LogP contribution in [0.1, 0.15) is 36.2 Å². The fourth-order valence-corrected chi connectivity index (χ4v) is 4.58. The summed E-state index contributed by atoms with van der Waals surface area (Å²) in [7, 11) is 3.20. The second-order valence-corrected chi connectivity index (χ2v) is 9.27. The smallest absolute Gasteiger partial charge is 0.227 e. The van der Waals surface area contributed by atoms with Crippen LogP contribution in [0.3, 0.4) is 0 Å². The molecule has 4 rings (SSSR count). The van der Waals surface area contributed by atoms with Gasteiger partial charge in [0.15, 0.2) is 11.5 Å². The molecule has 0 atom stereocenters. The third kappa shape index (κ3) is 6.46. The fraction of sp³-hybridized carbons (Fsp3) is 0.393. The van der Waals surface area contributed by atoms with Gasteiger partial charge in [0, 0.05) is 55.5 Å². The zero-order chi connectivity index (χ0) is 27.1. The molecule has 1 fully saturated rings. The first-order chi connectivity index (χ1) is 18.4. The van der Waals surface area contributed by atoms with Crippen molar-refractivity contribution < 1.29 is 19.0 Å². The Bertz CT molecular complexity index is 1250. The molecule has 2 aromatic carbocycles.